The third kappa shape index (κ3) is 8.00. The molecule has 2 amide bonds. The number of fused-ring (bicyclic) bond motifs is 1. The fourth-order valence-corrected chi connectivity index (χ4v) is 3.71. The first-order valence-electron chi connectivity index (χ1n) is 11.3. The van der Waals surface area contributed by atoms with Crippen LogP contribution in [0.3, 0.4) is 0 Å². The zero-order valence-corrected chi connectivity index (χ0v) is 19.6. The van der Waals surface area contributed by atoms with Gasteiger partial charge in [0, 0.05) is 23.2 Å². The molecule has 2 N–H and O–H groups in total. The van der Waals surface area contributed by atoms with Crippen LogP contribution in [0.2, 0.25) is 5.02 Å². The van der Waals surface area contributed by atoms with Gasteiger partial charge in [-0.2, -0.15) is 0 Å². The Hall–Kier alpha value is -2.67. The molecule has 1 aliphatic heterocycles. The normalized spacial score (nSPS) is 19.5. The van der Waals surface area contributed by atoms with E-state index in [-0.39, 0.29) is 17.9 Å². The second kappa shape index (κ2) is 13.1. The average Bonchev–Trinajstić information content (AvgIpc) is 2.82. The van der Waals surface area contributed by atoms with Gasteiger partial charge in [-0.1, -0.05) is 61.0 Å². The fourth-order valence-electron chi connectivity index (χ4n) is 3.59. The Morgan fingerprint density at radius 1 is 1.12 bits per heavy atom. The van der Waals surface area contributed by atoms with Gasteiger partial charge in [0.15, 0.2) is 0 Å². The number of ether oxygens (including phenoxy) is 2. The zero-order valence-electron chi connectivity index (χ0n) is 18.9. The molecule has 1 unspecified atom stereocenters. The largest absolute Gasteiger partial charge is 0.375 e. The molecule has 0 aromatic heterocycles. The molecular formula is C26H31ClN2O4. The Bertz CT molecular complexity index is 946. The maximum atomic E-state index is 13.1. The number of hydrogen-bond donors (Lipinski definition) is 2. The molecule has 0 bridgehead atoms. The Labute approximate surface area is 200 Å². The fraction of sp³-hybridized carbons (Fsp3) is 0.385. The summed E-state index contributed by atoms with van der Waals surface area (Å²) in [4.78, 5) is 25.9. The minimum absolute atomic E-state index is 0.100. The summed E-state index contributed by atoms with van der Waals surface area (Å²) in [5, 5.41) is 6.74. The van der Waals surface area contributed by atoms with Gasteiger partial charge in [-0.05, 0) is 42.2 Å². The van der Waals surface area contributed by atoms with Gasteiger partial charge in [-0.15, -0.1) is 0 Å². The summed E-state index contributed by atoms with van der Waals surface area (Å²) in [6, 6.07) is 14.6. The van der Waals surface area contributed by atoms with Crippen molar-refractivity contribution in [2.75, 3.05) is 26.4 Å². The Morgan fingerprint density at radius 3 is 2.70 bits per heavy atom. The number of halogens is 1. The number of amides is 2. The van der Waals surface area contributed by atoms with Gasteiger partial charge in [0.1, 0.15) is 0 Å². The second-order valence-electron chi connectivity index (χ2n) is 8.03. The van der Waals surface area contributed by atoms with E-state index in [1.54, 1.807) is 6.07 Å². The number of hydrogen-bond acceptors (Lipinski definition) is 4. The van der Waals surface area contributed by atoms with Crippen LogP contribution in [0.1, 0.15) is 34.8 Å². The van der Waals surface area contributed by atoms with Gasteiger partial charge in [0.05, 0.1) is 32.3 Å². The highest BCUT2D eigenvalue weighted by Crippen LogP contribution is 2.15. The molecule has 0 radical (unpaired) electrons. The summed E-state index contributed by atoms with van der Waals surface area (Å²) in [5.74, 6) is -0.723. The molecule has 0 aliphatic carbocycles. The van der Waals surface area contributed by atoms with E-state index in [2.05, 4.69) is 10.6 Å². The van der Waals surface area contributed by atoms with E-state index in [1.807, 2.05) is 61.5 Å². The third-order valence-electron chi connectivity index (χ3n) is 5.62. The Morgan fingerprint density at radius 2 is 1.88 bits per heavy atom. The van der Waals surface area contributed by atoms with Crippen molar-refractivity contribution in [2.45, 2.75) is 32.4 Å². The average molecular weight is 471 g/mol. The van der Waals surface area contributed by atoms with Crippen molar-refractivity contribution < 1.29 is 19.1 Å². The first-order chi connectivity index (χ1) is 16.0. The lowest BCUT2D eigenvalue weighted by Gasteiger charge is -2.24. The third-order valence-corrected chi connectivity index (χ3v) is 5.87. The van der Waals surface area contributed by atoms with Crippen LogP contribution < -0.4 is 10.6 Å². The predicted octanol–water partition coefficient (Wildman–Crippen LogP) is 3.93. The molecule has 2 aromatic rings. The molecule has 2 atom stereocenters. The monoisotopic (exact) mass is 470 g/mol. The zero-order chi connectivity index (χ0) is 23.5. The van der Waals surface area contributed by atoms with Crippen LogP contribution in [0, 0.1) is 5.92 Å². The molecular weight excluding hydrogens is 440 g/mol. The molecule has 1 aliphatic rings. The lowest BCUT2D eigenvalue weighted by molar-refractivity contribution is -0.125. The van der Waals surface area contributed by atoms with Crippen LogP contribution in [-0.2, 0) is 27.3 Å². The smallest absolute Gasteiger partial charge is 0.251 e. The van der Waals surface area contributed by atoms with Crippen molar-refractivity contribution in [2.24, 2.45) is 5.92 Å². The van der Waals surface area contributed by atoms with E-state index in [9.17, 15) is 9.59 Å². The topological polar surface area (TPSA) is 76.7 Å². The Kier molecular flexibility index (Phi) is 9.94. The van der Waals surface area contributed by atoms with Gasteiger partial charge in [-0.25, -0.2) is 0 Å². The van der Waals surface area contributed by atoms with Crippen LogP contribution in [0.25, 0.3) is 0 Å². The van der Waals surface area contributed by atoms with Gasteiger partial charge in [0.2, 0.25) is 5.91 Å². The molecule has 0 saturated carbocycles. The van der Waals surface area contributed by atoms with Crippen molar-refractivity contribution in [3.8, 4) is 0 Å². The highest BCUT2D eigenvalue weighted by atomic mass is 35.5. The van der Waals surface area contributed by atoms with Crippen LogP contribution in [0.5, 0.6) is 0 Å². The number of benzene rings is 2. The van der Waals surface area contributed by atoms with Crippen molar-refractivity contribution in [1.29, 1.82) is 0 Å². The molecule has 33 heavy (non-hydrogen) atoms. The van der Waals surface area contributed by atoms with E-state index >= 15 is 0 Å². The molecule has 6 nitrogen and oxygen atoms in total. The molecule has 3 rings (SSSR count). The van der Waals surface area contributed by atoms with E-state index in [0.29, 0.717) is 56.4 Å². The number of nitrogens with one attached hydrogen (secondary N) is 2. The van der Waals surface area contributed by atoms with Crippen LogP contribution in [0.15, 0.2) is 60.7 Å². The summed E-state index contributed by atoms with van der Waals surface area (Å²) >= 11 is 5.93. The van der Waals surface area contributed by atoms with Crippen molar-refractivity contribution in [3.05, 3.63) is 82.4 Å². The molecule has 0 saturated heterocycles. The minimum atomic E-state index is -0.416. The lowest BCUT2D eigenvalue weighted by Crippen LogP contribution is -2.46. The minimum Gasteiger partial charge on any atom is -0.375 e. The quantitative estimate of drug-likeness (QED) is 0.649. The van der Waals surface area contributed by atoms with Crippen LogP contribution in [0.4, 0.5) is 0 Å². The first kappa shape index (κ1) is 25.0. The van der Waals surface area contributed by atoms with E-state index in [1.165, 1.54) is 0 Å². The number of carbonyl (C=O) groups is 2. The molecule has 0 spiro atoms. The number of carbonyl (C=O) groups excluding carboxylic acids is 2. The number of rotatable bonds is 5. The lowest BCUT2D eigenvalue weighted by atomic mass is 9.96. The van der Waals surface area contributed by atoms with Gasteiger partial charge in [0.25, 0.3) is 5.91 Å². The Balaban J connectivity index is 1.65. The van der Waals surface area contributed by atoms with Gasteiger partial charge < -0.3 is 20.1 Å². The molecule has 176 valence electrons. The molecule has 0 fully saturated rings. The highest BCUT2D eigenvalue weighted by Gasteiger charge is 2.25. The van der Waals surface area contributed by atoms with Crippen molar-refractivity contribution in [3.63, 3.8) is 0 Å². The summed E-state index contributed by atoms with van der Waals surface area (Å²) in [7, 11) is 0. The van der Waals surface area contributed by atoms with Gasteiger partial charge >= 0.3 is 0 Å². The van der Waals surface area contributed by atoms with Crippen LogP contribution in [-0.4, -0.2) is 44.2 Å². The molecule has 2 aromatic carbocycles. The summed E-state index contributed by atoms with van der Waals surface area (Å²) in [5.41, 5.74) is 2.46. The van der Waals surface area contributed by atoms with E-state index < -0.39 is 5.92 Å². The summed E-state index contributed by atoms with van der Waals surface area (Å²) < 4.78 is 11.2. The SMILES string of the molecule is CC(C(=O)NCCc1ccc(Cl)cc1)[C@@H]1C/C=C\COCCOCc2ccccc2C(=O)N1. The summed E-state index contributed by atoms with van der Waals surface area (Å²) in [6.45, 7) is 4.07. The van der Waals surface area contributed by atoms with E-state index in [0.717, 1.165) is 11.1 Å². The molecule has 7 heteroatoms. The second-order valence-corrected chi connectivity index (χ2v) is 8.46. The highest BCUT2D eigenvalue weighted by molar-refractivity contribution is 6.30. The summed E-state index contributed by atoms with van der Waals surface area (Å²) in [6.07, 6.45) is 5.09. The first-order valence-corrected chi connectivity index (χ1v) is 11.6. The van der Waals surface area contributed by atoms with E-state index in [4.69, 9.17) is 21.1 Å². The van der Waals surface area contributed by atoms with Gasteiger partial charge in [-0.3, -0.25) is 9.59 Å². The maximum absolute atomic E-state index is 13.1. The molecule has 1 heterocycles. The van der Waals surface area contributed by atoms with Crippen molar-refractivity contribution >= 4 is 23.4 Å². The van der Waals surface area contributed by atoms with Crippen LogP contribution >= 0.6 is 11.6 Å². The standard InChI is InChI=1S/C26H31ClN2O4/c1-19(25(30)28-14-13-20-9-11-22(27)12-10-20)24-8-4-5-15-32-16-17-33-18-21-6-2-3-7-23(21)26(31)29-24/h2-7,9-12,19,24H,8,13-18H2,1H3,(H,28,30)(H,29,31)/b5-4-/t19?,24-/m0/s1. The van der Waals surface area contributed by atoms with Crippen molar-refractivity contribution in [1.82, 2.24) is 10.6 Å². The predicted molar refractivity (Wildman–Crippen MR) is 129 cm³/mol. The maximum Gasteiger partial charge on any atom is 0.251 e.